The van der Waals surface area contributed by atoms with Crippen LogP contribution in [-0.2, 0) is 32.4 Å². The van der Waals surface area contributed by atoms with Gasteiger partial charge in [-0.3, -0.25) is 19.2 Å². The highest BCUT2D eigenvalue weighted by Crippen LogP contribution is 2.29. The van der Waals surface area contributed by atoms with E-state index in [4.69, 9.17) is 91.3 Å². The Morgan fingerprint density at radius 2 is 1.00 bits per heavy atom. The number of nitrogens with one attached hydrogen (secondary N) is 5. The zero-order valence-electron chi connectivity index (χ0n) is 35.0. The second-order valence-electron chi connectivity index (χ2n) is 14.8. The van der Waals surface area contributed by atoms with Crippen LogP contribution in [0.3, 0.4) is 0 Å². The third kappa shape index (κ3) is 22.3. The lowest BCUT2D eigenvalue weighted by Gasteiger charge is -2.24. The van der Waals surface area contributed by atoms with E-state index in [1.807, 2.05) is 0 Å². The quantitative estimate of drug-likeness (QED) is 0.0451. The molecule has 0 aromatic heterocycles. The van der Waals surface area contributed by atoms with E-state index in [1.54, 1.807) is 76.2 Å². The number of nitrogens with two attached hydrogens (primary N) is 2. The number of primary amides is 1. The molecule has 0 saturated heterocycles. The van der Waals surface area contributed by atoms with Crippen LogP contribution in [-0.4, -0.2) is 72.6 Å². The third-order valence-corrected chi connectivity index (χ3v) is 9.96. The van der Waals surface area contributed by atoms with Gasteiger partial charge in [0.15, 0.2) is 0 Å². The van der Waals surface area contributed by atoms with Crippen molar-refractivity contribution in [3.8, 4) is 0 Å². The molecule has 0 unspecified atom stereocenters. The first-order valence-electron chi connectivity index (χ1n) is 19.6. The van der Waals surface area contributed by atoms with Gasteiger partial charge in [-0.15, -0.1) is 0 Å². The molecule has 2 rings (SSSR count). The van der Waals surface area contributed by atoms with Crippen molar-refractivity contribution in [2.45, 2.75) is 86.3 Å². The minimum Gasteiger partial charge on any atom is -0.392 e. The van der Waals surface area contributed by atoms with Crippen LogP contribution < -0.4 is 38.1 Å². The number of benzene rings is 2. The van der Waals surface area contributed by atoms with E-state index < -0.39 is 78.7 Å². The molecule has 11 N–H and O–H groups in total. The molecule has 2 aromatic carbocycles. The predicted molar refractivity (Wildman–Crippen MR) is 247 cm³/mol. The fourth-order valence-corrected chi connectivity index (χ4v) is 5.78. The fourth-order valence-electron chi connectivity index (χ4n) is 5.45. The maximum Gasteiger partial charge on any atom is 0.312 e. The summed E-state index contributed by atoms with van der Waals surface area (Å²) in [5, 5.41) is 30.7. The van der Waals surface area contributed by atoms with Gasteiger partial charge in [0.25, 0.3) is 19.4 Å². The number of rotatable bonds is 21. The summed E-state index contributed by atoms with van der Waals surface area (Å²) in [6.07, 6.45) is 3.59. The maximum atomic E-state index is 15.2. The van der Waals surface area contributed by atoms with E-state index in [2.05, 4.69) is 26.6 Å². The van der Waals surface area contributed by atoms with Gasteiger partial charge in [0.05, 0.1) is 37.1 Å². The Kier molecular flexibility index (Phi) is 26.0. The number of hydrogen-bond donors (Lipinski definition) is 9. The Morgan fingerprint density at radius 3 is 1.29 bits per heavy atom. The van der Waals surface area contributed by atoms with Gasteiger partial charge in [-0.2, -0.15) is 0 Å². The summed E-state index contributed by atoms with van der Waals surface area (Å²) in [6.45, 7) is 6.96. The SMILES string of the molecule is CC(C)[C@H](NC(=O)C(Cl)(Cl)Cl)/C(F)=C/[C@@H](CCCN)C(=O)Nc1ccc(CO)cc1.CC(C)[C@H](NC(=O)C(Cl)(Cl)Cl)/C(F)=C/[C@@H](CCCNC(N)=O)C(=O)Nc1ccc(CO)cc1. The minimum absolute atomic E-state index is 0.113. The highest BCUT2D eigenvalue weighted by Gasteiger charge is 2.36. The molecular weight excluding hydrogens is 953 g/mol. The number of carbonyl (C=O) groups is 5. The molecule has 0 aliphatic rings. The fraction of sp³-hybridized carbons (Fsp3) is 0.488. The number of hydrogen-bond acceptors (Lipinski definition) is 8. The van der Waals surface area contributed by atoms with Crippen molar-refractivity contribution in [1.82, 2.24) is 16.0 Å². The Hall–Kier alpha value is -3.45. The van der Waals surface area contributed by atoms with Crippen LogP contribution in [0.4, 0.5) is 25.0 Å². The summed E-state index contributed by atoms with van der Waals surface area (Å²) in [5.41, 5.74) is 12.9. The molecule has 0 aliphatic heterocycles. The van der Waals surface area contributed by atoms with Gasteiger partial charge in [0.2, 0.25) is 11.8 Å². The topological polar surface area (TPSA) is 238 Å². The van der Waals surface area contributed by atoms with Gasteiger partial charge in [-0.05, 0) is 91.6 Å². The summed E-state index contributed by atoms with van der Waals surface area (Å²) < 4.78 is 25.7. The van der Waals surface area contributed by atoms with Gasteiger partial charge >= 0.3 is 6.03 Å². The van der Waals surface area contributed by atoms with E-state index in [0.717, 1.165) is 12.2 Å². The van der Waals surface area contributed by atoms with Crippen LogP contribution >= 0.6 is 69.6 Å². The molecule has 352 valence electrons. The van der Waals surface area contributed by atoms with E-state index in [-0.39, 0.29) is 32.1 Å². The number of anilines is 2. The number of halogens is 8. The molecule has 63 heavy (non-hydrogen) atoms. The van der Waals surface area contributed by atoms with Crippen molar-refractivity contribution in [1.29, 1.82) is 0 Å². The molecule has 2 aromatic rings. The molecule has 0 fully saturated rings. The molecule has 6 amide bonds. The number of carbonyl (C=O) groups excluding carboxylic acids is 5. The van der Waals surface area contributed by atoms with Crippen molar-refractivity contribution in [3.05, 3.63) is 83.5 Å². The second-order valence-corrected chi connectivity index (χ2v) is 19.3. The van der Waals surface area contributed by atoms with E-state index in [1.165, 1.54) is 0 Å². The summed E-state index contributed by atoms with van der Waals surface area (Å²) >= 11 is 33.4. The number of alkyl halides is 6. The smallest absolute Gasteiger partial charge is 0.312 e. The second kappa shape index (κ2) is 28.5. The number of urea groups is 1. The Bertz CT molecular complexity index is 1850. The summed E-state index contributed by atoms with van der Waals surface area (Å²) in [5.74, 6) is -6.90. The molecular formula is C41H55Cl6F2N7O7. The van der Waals surface area contributed by atoms with Gasteiger partial charge in [-0.25, -0.2) is 13.6 Å². The van der Waals surface area contributed by atoms with Crippen molar-refractivity contribution >= 4 is 111 Å². The van der Waals surface area contributed by atoms with Crippen LogP contribution in [0.15, 0.2) is 72.3 Å². The molecule has 0 bridgehead atoms. The molecule has 0 spiro atoms. The molecule has 4 atom stereocenters. The Labute approximate surface area is 396 Å². The molecule has 22 heteroatoms. The molecule has 0 heterocycles. The van der Waals surface area contributed by atoms with E-state index in [0.29, 0.717) is 48.3 Å². The third-order valence-electron chi connectivity index (χ3n) is 8.93. The average Bonchev–Trinajstić information content (AvgIpc) is 3.20. The first-order chi connectivity index (χ1) is 29.3. The number of amides is 6. The zero-order chi connectivity index (χ0) is 48.1. The lowest BCUT2D eigenvalue weighted by Crippen LogP contribution is -2.44. The molecule has 0 radical (unpaired) electrons. The van der Waals surface area contributed by atoms with Crippen LogP contribution in [0.2, 0.25) is 0 Å². The summed E-state index contributed by atoms with van der Waals surface area (Å²) in [7, 11) is 0. The normalized spacial score (nSPS) is 14.1. The highest BCUT2D eigenvalue weighted by molar-refractivity contribution is 6.76. The Balaban J connectivity index is 0.000000633. The predicted octanol–water partition coefficient (Wildman–Crippen LogP) is 7.38. The van der Waals surface area contributed by atoms with E-state index >= 15 is 8.78 Å². The van der Waals surface area contributed by atoms with Crippen LogP contribution in [0.25, 0.3) is 0 Å². The molecule has 14 nitrogen and oxygen atoms in total. The molecule has 0 saturated carbocycles. The maximum absolute atomic E-state index is 15.2. The summed E-state index contributed by atoms with van der Waals surface area (Å²) in [6, 6.07) is 10.2. The van der Waals surface area contributed by atoms with Crippen molar-refractivity contribution in [3.63, 3.8) is 0 Å². The van der Waals surface area contributed by atoms with Crippen LogP contribution in [0.1, 0.15) is 64.5 Å². The van der Waals surface area contributed by atoms with Gasteiger partial charge in [0.1, 0.15) is 11.7 Å². The van der Waals surface area contributed by atoms with Gasteiger partial charge in [-0.1, -0.05) is 122 Å². The van der Waals surface area contributed by atoms with Crippen LogP contribution in [0, 0.1) is 23.7 Å². The first-order valence-corrected chi connectivity index (χ1v) is 21.9. The standard InChI is InChI=1S/C21H28Cl3FN4O4.C20H27Cl3FN3O3/c1-12(2)17(29-19(32)21(22,23)24)16(25)10-14(4-3-9-27-20(26)33)18(31)28-15-7-5-13(11-30)6-8-15;1-12(2)17(27-19(30)20(21,22)23)16(24)10-14(4-3-9-25)18(29)26-15-7-5-13(11-28)6-8-15/h5-8,10,12,14,17,30H,3-4,9,11H2,1-2H3,(H,28,31)(H,29,32)(H3,26,27,33);5-8,10,12,14,17,28H,3-4,9,11,25H2,1-2H3,(H,26,29)(H,27,30)/b2*16-10-/t2*14-,17+/m11/s1. The zero-order valence-corrected chi connectivity index (χ0v) is 39.5. The lowest BCUT2D eigenvalue weighted by molar-refractivity contribution is -0.121. The van der Waals surface area contributed by atoms with Gasteiger partial charge in [0, 0.05) is 17.9 Å². The van der Waals surface area contributed by atoms with Crippen molar-refractivity contribution in [2.24, 2.45) is 35.1 Å². The lowest BCUT2D eigenvalue weighted by atomic mass is 9.96. The number of aliphatic hydroxyl groups excluding tert-OH is 2. The largest absolute Gasteiger partial charge is 0.392 e. The minimum atomic E-state index is -2.27. The van der Waals surface area contributed by atoms with Crippen molar-refractivity contribution in [2.75, 3.05) is 23.7 Å². The van der Waals surface area contributed by atoms with Crippen LogP contribution in [0.5, 0.6) is 0 Å². The first kappa shape index (κ1) is 57.6. The van der Waals surface area contributed by atoms with Gasteiger partial charge < -0.3 is 48.3 Å². The molecule has 0 aliphatic carbocycles. The monoisotopic (exact) mass is 1010 g/mol. The Morgan fingerprint density at radius 1 is 0.651 bits per heavy atom. The van der Waals surface area contributed by atoms with E-state index in [9.17, 15) is 24.0 Å². The summed E-state index contributed by atoms with van der Waals surface area (Å²) in [4.78, 5) is 60.4. The van der Waals surface area contributed by atoms with Crippen molar-refractivity contribution < 1.29 is 43.0 Å². The average molecular weight is 1010 g/mol. The number of aliphatic hydroxyl groups is 2. The highest BCUT2D eigenvalue weighted by atomic mass is 35.6.